The van der Waals surface area contributed by atoms with Crippen LogP contribution >= 0.6 is 0 Å². The molecule has 0 unspecified atom stereocenters. The zero-order valence-corrected chi connectivity index (χ0v) is 41.6. The Hall–Kier alpha value is -7.42. The summed E-state index contributed by atoms with van der Waals surface area (Å²) in [7, 11) is 0. The molecule has 0 saturated carbocycles. The number of fused-ring (bicyclic) bond motifs is 5. The van der Waals surface area contributed by atoms with Gasteiger partial charge in [-0.2, -0.15) is 0 Å². The smallest absolute Gasteiger partial charge is 0.123 e. The predicted octanol–water partition coefficient (Wildman–Crippen LogP) is 18.3. The van der Waals surface area contributed by atoms with Crippen LogP contribution in [0.25, 0.3) is 99.1 Å². The van der Waals surface area contributed by atoms with Crippen LogP contribution in [0.15, 0.2) is 133 Å². The van der Waals surface area contributed by atoms with Gasteiger partial charge in [-0.3, -0.25) is 0 Å². The van der Waals surface area contributed by atoms with Crippen molar-refractivity contribution in [2.45, 2.75) is 83.1 Å². The summed E-state index contributed by atoms with van der Waals surface area (Å²) in [5.41, 5.74) is 27.6. The Balaban J connectivity index is 1.36. The summed E-state index contributed by atoms with van der Waals surface area (Å²) in [6, 6.07) is 48.6. The summed E-state index contributed by atoms with van der Waals surface area (Å²) < 4.78 is 0. The molecule has 0 aliphatic rings. The van der Waals surface area contributed by atoms with Gasteiger partial charge in [0.25, 0.3) is 0 Å². The van der Waals surface area contributed by atoms with E-state index in [1.165, 1.54) is 89.0 Å². The fourth-order valence-electron chi connectivity index (χ4n) is 12.2. The minimum absolute atomic E-state index is 0.238. The SMILES string of the molecule is Cc1cc(C)c(-c2ccc(O)c(-c3cc4c5cc(-c6c(C)cc(C)cc6C)ccc5c(-c5cc(-c6c(C)cc(C)cc6C)ccc5O)cc4c4cc(-c5c(C)cc(C)cc5C)ccc34)c2)c(C)c1. The number of phenols is 2. The maximum atomic E-state index is 12.0. The Labute approximate surface area is 402 Å². The van der Waals surface area contributed by atoms with Crippen molar-refractivity contribution in [2.24, 2.45) is 0 Å². The molecule has 0 aromatic heterocycles. The molecule has 336 valence electrons. The number of phenolic OH excluding ortho intramolecular Hbond substituents is 2. The van der Waals surface area contributed by atoms with Crippen molar-refractivity contribution in [1.29, 1.82) is 0 Å². The third kappa shape index (κ3) is 7.53. The molecule has 0 saturated heterocycles. The number of rotatable bonds is 6. The fourth-order valence-corrected chi connectivity index (χ4v) is 12.2. The van der Waals surface area contributed by atoms with Crippen molar-refractivity contribution < 1.29 is 10.2 Å². The second kappa shape index (κ2) is 16.7. The lowest BCUT2D eigenvalue weighted by Crippen LogP contribution is -1.95. The molecule has 0 aliphatic heterocycles. The second-order valence-electron chi connectivity index (χ2n) is 20.0. The summed E-state index contributed by atoms with van der Waals surface area (Å²) in [5, 5.41) is 30.5. The summed E-state index contributed by atoms with van der Waals surface area (Å²) in [6.07, 6.45) is 0. The highest BCUT2D eigenvalue weighted by atomic mass is 16.3. The van der Waals surface area contributed by atoms with Gasteiger partial charge in [-0.1, -0.05) is 107 Å². The molecule has 2 nitrogen and oxygen atoms in total. The molecule has 0 heterocycles. The lowest BCUT2D eigenvalue weighted by Gasteiger charge is -2.21. The van der Waals surface area contributed by atoms with Crippen molar-refractivity contribution in [3.8, 4) is 78.3 Å². The van der Waals surface area contributed by atoms with Crippen molar-refractivity contribution in [2.75, 3.05) is 0 Å². The van der Waals surface area contributed by atoms with E-state index < -0.39 is 0 Å². The van der Waals surface area contributed by atoms with Gasteiger partial charge in [-0.05, 0) is 264 Å². The molecule has 10 aromatic rings. The van der Waals surface area contributed by atoms with Gasteiger partial charge in [-0.15, -0.1) is 0 Å². The summed E-state index contributed by atoms with van der Waals surface area (Å²) in [6.45, 7) is 26.2. The molecule has 2 N–H and O–H groups in total. The summed E-state index contributed by atoms with van der Waals surface area (Å²) >= 11 is 0. The third-order valence-corrected chi connectivity index (χ3v) is 14.5. The number of hydrogen-bond acceptors (Lipinski definition) is 2. The van der Waals surface area contributed by atoms with E-state index in [2.05, 4.69) is 192 Å². The molecule has 0 bridgehead atoms. The minimum atomic E-state index is 0.238. The Morgan fingerprint density at radius 2 is 0.456 bits per heavy atom. The van der Waals surface area contributed by atoms with Gasteiger partial charge >= 0.3 is 0 Å². The van der Waals surface area contributed by atoms with Crippen LogP contribution in [0, 0.1) is 83.1 Å². The molecule has 0 amide bonds. The molecular weight excluding hydrogens is 825 g/mol. The van der Waals surface area contributed by atoms with Gasteiger partial charge < -0.3 is 10.2 Å². The highest BCUT2D eigenvalue weighted by Gasteiger charge is 2.22. The molecule has 10 rings (SSSR count). The van der Waals surface area contributed by atoms with Crippen LogP contribution in [0.2, 0.25) is 0 Å². The topological polar surface area (TPSA) is 40.5 Å². The first-order chi connectivity index (χ1) is 32.4. The quantitative estimate of drug-likeness (QED) is 0.163. The van der Waals surface area contributed by atoms with Crippen LogP contribution in [0.5, 0.6) is 11.5 Å². The van der Waals surface area contributed by atoms with Crippen molar-refractivity contribution in [1.82, 2.24) is 0 Å². The number of hydrogen-bond donors (Lipinski definition) is 2. The van der Waals surface area contributed by atoms with Crippen LogP contribution in [-0.2, 0) is 0 Å². The van der Waals surface area contributed by atoms with Crippen LogP contribution in [0.4, 0.5) is 0 Å². The Bertz CT molecular complexity index is 3430. The normalized spacial score (nSPS) is 11.6. The molecular formula is C66H60O2. The average molecular weight is 885 g/mol. The van der Waals surface area contributed by atoms with E-state index >= 15 is 0 Å². The first-order valence-corrected chi connectivity index (χ1v) is 23.9. The lowest BCUT2D eigenvalue weighted by atomic mass is 9.83. The van der Waals surface area contributed by atoms with E-state index in [1.807, 2.05) is 24.3 Å². The molecule has 10 aromatic carbocycles. The Morgan fingerprint density at radius 3 is 0.735 bits per heavy atom. The zero-order valence-electron chi connectivity index (χ0n) is 41.6. The van der Waals surface area contributed by atoms with E-state index in [9.17, 15) is 10.2 Å². The van der Waals surface area contributed by atoms with Crippen molar-refractivity contribution in [3.63, 3.8) is 0 Å². The van der Waals surface area contributed by atoms with Crippen LogP contribution in [0.1, 0.15) is 66.8 Å². The highest BCUT2D eigenvalue weighted by molar-refractivity contribution is 6.25. The molecule has 0 spiro atoms. The average Bonchev–Trinajstić information content (AvgIpc) is 3.25. The van der Waals surface area contributed by atoms with E-state index in [4.69, 9.17) is 0 Å². The van der Waals surface area contributed by atoms with Gasteiger partial charge in [0.05, 0.1) is 0 Å². The molecule has 0 atom stereocenters. The molecule has 2 heteroatoms. The fraction of sp³-hybridized carbons (Fsp3) is 0.182. The monoisotopic (exact) mass is 884 g/mol. The number of aromatic hydroxyl groups is 2. The highest BCUT2D eigenvalue weighted by Crippen LogP contribution is 2.49. The molecule has 0 fully saturated rings. The molecule has 0 aliphatic carbocycles. The lowest BCUT2D eigenvalue weighted by molar-refractivity contribution is 0.477. The summed E-state index contributed by atoms with van der Waals surface area (Å²) in [5.74, 6) is 0.476. The molecule has 0 radical (unpaired) electrons. The van der Waals surface area contributed by atoms with Crippen LogP contribution in [-0.4, -0.2) is 10.2 Å². The summed E-state index contributed by atoms with van der Waals surface area (Å²) in [4.78, 5) is 0. The maximum absolute atomic E-state index is 12.0. The van der Waals surface area contributed by atoms with Gasteiger partial charge in [0, 0.05) is 11.1 Å². The van der Waals surface area contributed by atoms with Crippen molar-refractivity contribution in [3.05, 3.63) is 200 Å². The maximum Gasteiger partial charge on any atom is 0.123 e. The van der Waals surface area contributed by atoms with Gasteiger partial charge in [0.15, 0.2) is 0 Å². The standard InChI is InChI=1S/C66H60O2/c1-35-21-39(5)63(40(6)22-35)47-13-17-51-53(29-47)57-33-56(60-32-50(16-20-62(60)68)66-45(11)27-38(4)28-46(66)12)52-18-14-48(64-41(7)23-36(2)24-42(64)8)30-54(52)58(57)34-55(51)59-31-49(15-19-61(59)67)65-43(9)25-37(3)26-44(65)10/h13-34,67-68H,1-12H3. The third-order valence-electron chi connectivity index (χ3n) is 14.5. The second-order valence-corrected chi connectivity index (χ2v) is 20.0. The van der Waals surface area contributed by atoms with E-state index in [-0.39, 0.29) is 11.5 Å². The Kier molecular flexibility index (Phi) is 10.9. The van der Waals surface area contributed by atoms with E-state index in [1.54, 1.807) is 0 Å². The van der Waals surface area contributed by atoms with Gasteiger partial charge in [-0.25, -0.2) is 0 Å². The van der Waals surface area contributed by atoms with Gasteiger partial charge in [0.1, 0.15) is 11.5 Å². The molecule has 68 heavy (non-hydrogen) atoms. The van der Waals surface area contributed by atoms with Crippen molar-refractivity contribution >= 4 is 32.3 Å². The van der Waals surface area contributed by atoms with E-state index in [0.717, 1.165) is 76.8 Å². The number of aryl methyl sites for hydroxylation is 12. The predicted molar refractivity (Wildman–Crippen MR) is 292 cm³/mol. The number of benzene rings is 10. The van der Waals surface area contributed by atoms with Crippen LogP contribution < -0.4 is 0 Å². The zero-order chi connectivity index (χ0) is 48.0. The first-order valence-electron chi connectivity index (χ1n) is 23.9. The minimum Gasteiger partial charge on any atom is -0.507 e. The van der Waals surface area contributed by atoms with Crippen LogP contribution in [0.3, 0.4) is 0 Å². The van der Waals surface area contributed by atoms with Gasteiger partial charge in [0.2, 0.25) is 0 Å². The Morgan fingerprint density at radius 1 is 0.221 bits per heavy atom. The first kappa shape index (κ1) is 44.4. The van der Waals surface area contributed by atoms with E-state index in [0.29, 0.717) is 0 Å². The largest absolute Gasteiger partial charge is 0.507 e.